The summed E-state index contributed by atoms with van der Waals surface area (Å²) in [6, 6.07) is 7.97. The van der Waals surface area contributed by atoms with Crippen LogP contribution in [0.1, 0.15) is 17.3 Å². The van der Waals surface area contributed by atoms with E-state index in [1.165, 1.54) is 0 Å². The number of piperazine rings is 1. The van der Waals surface area contributed by atoms with E-state index in [-0.39, 0.29) is 12.3 Å². The molecule has 0 unspecified atom stereocenters. The van der Waals surface area contributed by atoms with E-state index in [0.717, 1.165) is 11.3 Å². The number of aryl methyl sites for hydroxylation is 2. The van der Waals surface area contributed by atoms with Crippen molar-refractivity contribution in [1.29, 1.82) is 0 Å². The summed E-state index contributed by atoms with van der Waals surface area (Å²) < 4.78 is 16.4. The molecule has 9 nitrogen and oxygen atoms in total. The lowest BCUT2D eigenvalue weighted by atomic mass is 10.2. The second-order valence-corrected chi connectivity index (χ2v) is 6.90. The Kier molecular flexibility index (Phi) is 5.20. The van der Waals surface area contributed by atoms with Gasteiger partial charge >= 0.3 is 6.01 Å². The summed E-state index contributed by atoms with van der Waals surface area (Å²) in [5.74, 6) is 2.49. The van der Waals surface area contributed by atoms with Gasteiger partial charge in [0.25, 0.3) is 0 Å². The van der Waals surface area contributed by atoms with Crippen LogP contribution >= 0.6 is 0 Å². The quantitative estimate of drug-likeness (QED) is 0.647. The molecule has 0 spiro atoms. The number of amides is 1. The first-order valence-electron chi connectivity index (χ1n) is 9.47. The fourth-order valence-electron chi connectivity index (χ4n) is 3.27. The zero-order valence-electron chi connectivity index (χ0n) is 16.7. The Morgan fingerprint density at radius 3 is 2.41 bits per heavy atom. The number of aromatic nitrogens is 3. The van der Waals surface area contributed by atoms with E-state index in [1.54, 1.807) is 14.0 Å². The van der Waals surface area contributed by atoms with Crippen LogP contribution in [0, 0.1) is 13.8 Å². The number of carbonyl (C=O) groups excluding carboxylic acids is 1. The number of anilines is 1. The molecule has 1 saturated heterocycles. The number of nitrogens with zero attached hydrogens (tertiary/aromatic N) is 5. The lowest BCUT2D eigenvalue weighted by Gasteiger charge is -2.33. The smallest absolute Gasteiger partial charge is 0.318 e. The predicted molar refractivity (Wildman–Crippen MR) is 105 cm³/mol. The van der Waals surface area contributed by atoms with Crippen molar-refractivity contribution in [2.45, 2.75) is 20.3 Å². The van der Waals surface area contributed by atoms with Gasteiger partial charge in [-0.3, -0.25) is 4.79 Å². The van der Waals surface area contributed by atoms with E-state index < -0.39 is 0 Å². The molecule has 1 aromatic carbocycles. The maximum absolute atomic E-state index is 12.8. The molecule has 0 radical (unpaired) electrons. The second kappa shape index (κ2) is 7.94. The largest absolute Gasteiger partial charge is 0.497 e. The molecule has 0 aliphatic carbocycles. The van der Waals surface area contributed by atoms with Gasteiger partial charge in [-0.15, -0.1) is 5.10 Å². The standard InChI is InChI=1S/C20H23N5O4/c1-13-17(21-19(28-13)15-4-6-16(27-3)7-5-15)12-18(26)24-8-10-25(11-9-24)20-23-22-14(2)29-20/h4-7H,8-12H2,1-3H3. The van der Waals surface area contributed by atoms with Crippen molar-refractivity contribution in [2.24, 2.45) is 0 Å². The van der Waals surface area contributed by atoms with Crippen LogP contribution in [0.3, 0.4) is 0 Å². The molecule has 3 aromatic rings. The number of hydrogen-bond donors (Lipinski definition) is 0. The summed E-state index contributed by atoms with van der Waals surface area (Å²) in [6.45, 7) is 6.10. The van der Waals surface area contributed by atoms with Crippen molar-refractivity contribution >= 4 is 11.9 Å². The number of hydrogen-bond acceptors (Lipinski definition) is 8. The van der Waals surface area contributed by atoms with E-state index in [0.29, 0.717) is 55.4 Å². The lowest BCUT2D eigenvalue weighted by molar-refractivity contribution is -0.130. The highest BCUT2D eigenvalue weighted by Gasteiger charge is 2.25. The van der Waals surface area contributed by atoms with Crippen molar-refractivity contribution < 1.29 is 18.4 Å². The van der Waals surface area contributed by atoms with Crippen LogP contribution in [0.25, 0.3) is 11.5 Å². The predicted octanol–water partition coefficient (Wildman–Crippen LogP) is 2.24. The fourth-order valence-corrected chi connectivity index (χ4v) is 3.27. The molecule has 1 amide bonds. The molecule has 3 heterocycles. The Hall–Kier alpha value is -3.36. The number of rotatable bonds is 5. The minimum atomic E-state index is 0.0315. The van der Waals surface area contributed by atoms with Gasteiger partial charge in [-0.1, -0.05) is 5.10 Å². The van der Waals surface area contributed by atoms with Gasteiger partial charge < -0.3 is 23.4 Å². The first-order valence-corrected chi connectivity index (χ1v) is 9.47. The van der Waals surface area contributed by atoms with Crippen LogP contribution in [-0.2, 0) is 11.2 Å². The third kappa shape index (κ3) is 4.08. The molecular weight excluding hydrogens is 374 g/mol. The second-order valence-electron chi connectivity index (χ2n) is 6.90. The van der Waals surface area contributed by atoms with Crippen LogP contribution in [0.5, 0.6) is 5.75 Å². The number of carbonyl (C=O) groups is 1. The highest BCUT2D eigenvalue weighted by atomic mass is 16.5. The van der Waals surface area contributed by atoms with Gasteiger partial charge in [0.2, 0.25) is 17.7 Å². The summed E-state index contributed by atoms with van der Waals surface area (Å²) in [7, 11) is 1.62. The Balaban J connectivity index is 1.38. The molecule has 2 aromatic heterocycles. The summed E-state index contributed by atoms with van der Waals surface area (Å²) in [5.41, 5.74) is 1.51. The topological polar surface area (TPSA) is 97.7 Å². The zero-order valence-corrected chi connectivity index (χ0v) is 16.7. The van der Waals surface area contributed by atoms with Gasteiger partial charge in [-0.25, -0.2) is 4.98 Å². The minimum Gasteiger partial charge on any atom is -0.497 e. The number of oxazole rings is 1. The fraction of sp³-hybridized carbons (Fsp3) is 0.400. The minimum absolute atomic E-state index is 0.0315. The van der Waals surface area contributed by atoms with Crippen molar-refractivity contribution in [3.05, 3.63) is 41.6 Å². The molecule has 1 aliphatic rings. The number of methoxy groups -OCH3 is 1. The first-order chi connectivity index (χ1) is 14.0. The highest BCUT2D eigenvalue weighted by Crippen LogP contribution is 2.24. The third-order valence-electron chi connectivity index (χ3n) is 4.97. The maximum atomic E-state index is 12.8. The van der Waals surface area contributed by atoms with Crippen LogP contribution in [0.2, 0.25) is 0 Å². The molecule has 0 saturated carbocycles. The van der Waals surface area contributed by atoms with Gasteiger partial charge in [-0.05, 0) is 31.2 Å². The van der Waals surface area contributed by atoms with Gasteiger partial charge in [0, 0.05) is 38.7 Å². The first kappa shape index (κ1) is 19.0. The molecule has 1 fully saturated rings. The molecule has 152 valence electrons. The monoisotopic (exact) mass is 397 g/mol. The summed E-state index contributed by atoms with van der Waals surface area (Å²) in [6.07, 6.45) is 0.213. The SMILES string of the molecule is COc1ccc(-c2nc(CC(=O)N3CCN(c4nnc(C)o4)CC3)c(C)o2)cc1. The van der Waals surface area contributed by atoms with E-state index in [1.807, 2.05) is 41.0 Å². The molecule has 4 rings (SSSR count). The summed E-state index contributed by atoms with van der Waals surface area (Å²) >= 11 is 0. The van der Waals surface area contributed by atoms with Crippen molar-refractivity contribution in [3.8, 4) is 17.2 Å². The molecular formula is C20H23N5O4. The molecule has 29 heavy (non-hydrogen) atoms. The van der Waals surface area contributed by atoms with Crippen molar-refractivity contribution in [3.63, 3.8) is 0 Å². The Labute approximate surface area is 168 Å². The van der Waals surface area contributed by atoms with Crippen molar-refractivity contribution in [2.75, 3.05) is 38.2 Å². The van der Waals surface area contributed by atoms with Gasteiger partial charge in [0.15, 0.2) is 0 Å². The van der Waals surface area contributed by atoms with Crippen molar-refractivity contribution in [1.82, 2.24) is 20.1 Å². The molecule has 0 N–H and O–H groups in total. The molecule has 1 aliphatic heterocycles. The van der Waals surface area contributed by atoms with E-state index >= 15 is 0 Å². The van der Waals surface area contributed by atoms with E-state index in [4.69, 9.17) is 13.6 Å². The normalized spacial score (nSPS) is 14.3. The Bertz CT molecular complexity index is 987. The summed E-state index contributed by atoms with van der Waals surface area (Å²) in [5, 5.41) is 7.89. The zero-order chi connectivity index (χ0) is 20.4. The Morgan fingerprint density at radius 2 is 1.79 bits per heavy atom. The van der Waals surface area contributed by atoms with Crippen LogP contribution in [0.4, 0.5) is 6.01 Å². The van der Waals surface area contributed by atoms with Gasteiger partial charge in [-0.2, -0.15) is 0 Å². The summed E-state index contributed by atoms with van der Waals surface area (Å²) in [4.78, 5) is 21.1. The van der Waals surface area contributed by atoms with Gasteiger partial charge in [0.05, 0.1) is 19.2 Å². The number of benzene rings is 1. The van der Waals surface area contributed by atoms with Gasteiger partial charge in [0.1, 0.15) is 11.5 Å². The number of ether oxygens (including phenoxy) is 1. The molecule has 0 atom stereocenters. The lowest BCUT2D eigenvalue weighted by Crippen LogP contribution is -2.49. The third-order valence-corrected chi connectivity index (χ3v) is 4.97. The van der Waals surface area contributed by atoms with E-state index in [2.05, 4.69) is 15.2 Å². The maximum Gasteiger partial charge on any atom is 0.318 e. The Morgan fingerprint density at radius 1 is 1.07 bits per heavy atom. The highest BCUT2D eigenvalue weighted by molar-refractivity contribution is 5.79. The van der Waals surface area contributed by atoms with Crippen LogP contribution in [0.15, 0.2) is 33.1 Å². The van der Waals surface area contributed by atoms with Crippen LogP contribution < -0.4 is 9.64 Å². The average Bonchev–Trinajstić information content (AvgIpc) is 3.34. The van der Waals surface area contributed by atoms with E-state index in [9.17, 15) is 4.79 Å². The molecule has 0 bridgehead atoms. The molecule has 9 heteroatoms. The van der Waals surface area contributed by atoms with Crippen LogP contribution in [-0.4, -0.2) is 59.3 Å². The average molecular weight is 397 g/mol.